The van der Waals surface area contributed by atoms with Gasteiger partial charge >= 0.3 is 5.97 Å². The van der Waals surface area contributed by atoms with Gasteiger partial charge < -0.3 is 19.0 Å². The van der Waals surface area contributed by atoms with Crippen LogP contribution in [0.4, 0.5) is 4.79 Å². The molecule has 3 aromatic rings. The molecule has 4 rings (SSSR count). The topological polar surface area (TPSA) is 106 Å². The maximum atomic E-state index is 12.8. The number of furan rings is 1. The second kappa shape index (κ2) is 9.88. The minimum atomic E-state index is -1.16. The molecule has 2 aromatic carbocycles. The monoisotopic (exact) mass is 479 g/mol. The fourth-order valence-electron chi connectivity index (χ4n) is 3.39. The third kappa shape index (κ3) is 5.15. The van der Waals surface area contributed by atoms with Gasteiger partial charge in [-0.1, -0.05) is 35.9 Å². The summed E-state index contributed by atoms with van der Waals surface area (Å²) in [5.41, 5.74) is 2.61. The molecular weight excluding hydrogens is 458 g/mol. The largest absolute Gasteiger partial charge is 0.493 e. The number of hydrogen-bond acceptors (Lipinski definition) is 7. The van der Waals surface area contributed by atoms with Gasteiger partial charge in [0.15, 0.2) is 11.5 Å². The van der Waals surface area contributed by atoms with Crippen molar-refractivity contribution >= 4 is 35.0 Å². The highest BCUT2D eigenvalue weighted by Gasteiger charge is 2.35. The van der Waals surface area contributed by atoms with Crippen LogP contribution >= 0.6 is 11.8 Å². The Hall–Kier alpha value is -3.98. The normalized spacial score (nSPS) is 14.6. The summed E-state index contributed by atoms with van der Waals surface area (Å²) in [6.07, 6.45) is 1.64. The van der Waals surface area contributed by atoms with Crippen LogP contribution in [0, 0.1) is 6.92 Å². The van der Waals surface area contributed by atoms with E-state index >= 15 is 0 Å². The van der Waals surface area contributed by atoms with Crippen molar-refractivity contribution in [2.75, 3.05) is 7.11 Å². The molecule has 174 valence electrons. The molecule has 8 nitrogen and oxygen atoms in total. The van der Waals surface area contributed by atoms with Crippen LogP contribution < -0.4 is 9.47 Å². The molecule has 34 heavy (non-hydrogen) atoms. The minimum absolute atomic E-state index is 0.0147. The maximum absolute atomic E-state index is 12.8. The SMILES string of the molecule is COc1cc(/C=C2\SC(=O)N(Cc3cccc(C)c3)C2=O)ccc1OCc1ccc(C(=O)O)o1. The van der Waals surface area contributed by atoms with Crippen molar-refractivity contribution in [2.45, 2.75) is 20.1 Å². The molecule has 2 heterocycles. The number of rotatable bonds is 8. The van der Waals surface area contributed by atoms with Crippen molar-refractivity contribution in [1.82, 2.24) is 4.90 Å². The van der Waals surface area contributed by atoms with Crippen molar-refractivity contribution in [3.8, 4) is 11.5 Å². The van der Waals surface area contributed by atoms with Crippen LogP contribution in [0.5, 0.6) is 11.5 Å². The molecule has 2 amide bonds. The van der Waals surface area contributed by atoms with E-state index in [0.717, 1.165) is 22.9 Å². The minimum Gasteiger partial charge on any atom is -0.493 e. The molecule has 0 unspecified atom stereocenters. The molecule has 0 spiro atoms. The molecule has 1 fully saturated rings. The van der Waals surface area contributed by atoms with Gasteiger partial charge in [-0.3, -0.25) is 14.5 Å². The van der Waals surface area contributed by atoms with Gasteiger partial charge in [0.2, 0.25) is 5.76 Å². The van der Waals surface area contributed by atoms with Gasteiger partial charge in [-0.2, -0.15) is 0 Å². The van der Waals surface area contributed by atoms with Gasteiger partial charge in [-0.05, 0) is 60.2 Å². The van der Waals surface area contributed by atoms with Crippen LogP contribution in [-0.2, 0) is 17.9 Å². The number of imide groups is 1. The molecule has 1 aliphatic rings. The van der Waals surface area contributed by atoms with Crippen LogP contribution in [0.1, 0.15) is 33.0 Å². The van der Waals surface area contributed by atoms with E-state index in [1.54, 1.807) is 24.3 Å². The van der Waals surface area contributed by atoms with Crippen molar-refractivity contribution in [1.29, 1.82) is 0 Å². The predicted octanol–water partition coefficient (Wildman–Crippen LogP) is 5.11. The zero-order chi connectivity index (χ0) is 24.2. The van der Waals surface area contributed by atoms with Crippen LogP contribution in [0.25, 0.3) is 6.08 Å². The van der Waals surface area contributed by atoms with E-state index in [4.69, 9.17) is 19.0 Å². The van der Waals surface area contributed by atoms with Crippen molar-refractivity contribution in [2.24, 2.45) is 0 Å². The lowest BCUT2D eigenvalue weighted by atomic mass is 10.1. The number of carbonyl (C=O) groups is 3. The first-order valence-corrected chi connectivity index (χ1v) is 11.1. The Labute approximate surface area is 199 Å². The van der Waals surface area contributed by atoms with Crippen molar-refractivity contribution in [3.63, 3.8) is 0 Å². The lowest BCUT2D eigenvalue weighted by Gasteiger charge is -2.13. The molecule has 1 N–H and O–H groups in total. The summed E-state index contributed by atoms with van der Waals surface area (Å²) in [6.45, 7) is 2.19. The third-order valence-corrected chi connectivity index (χ3v) is 5.93. The third-order valence-electron chi connectivity index (χ3n) is 5.02. The van der Waals surface area contributed by atoms with Gasteiger partial charge in [0.05, 0.1) is 18.6 Å². The summed E-state index contributed by atoms with van der Waals surface area (Å²) in [6, 6.07) is 15.7. The zero-order valence-corrected chi connectivity index (χ0v) is 19.3. The number of amides is 2. The average molecular weight is 480 g/mol. The smallest absolute Gasteiger partial charge is 0.371 e. The lowest BCUT2D eigenvalue weighted by molar-refractivity contribution is -0.123. The number of nitrogens with zero attached hydrogens (tertiary/aromatic N) is 1. The summed E-state index contributed by atoms with van der Waals surface area (Å²) >= 11 is 0.896. The first kappa shape index (κ1) is 23.2. The molecule has 1 aromatic heterocycles. The van der Waals surface area contributed by atoms with Gasteiger partial charge in [0.25, 0.3) is 11.1 Å². The Balaban J connectivity index is 1.47. The number of carboxylic acid groups (broad SMARTS) is 1. The van der Waals surface area contributed by atoms with E-state index in [-0.39, 0.29) is 30.1 Å². The second-order valence-electron chi connectivity index (χ2n) is 7.53. The Bertz CT molecular complexity index is 1290. The number of aromatic carboxylic acids is 1. The molecule has 9 heteroatoms. The summed E-state index contributed by atoms with van der Waals surface area (Å²) in [5.74, 6) is -0.486. The van der Waals surface area contributed by atoms with E-state index < -0.39 is 5.97 Å². The number of benzene rings is 2. The van der Waals surface area contributed by atoms with Gasteiger partial charge in [-0.15, -0.1) is 0 Å². The number of carbonyl (C=O) groups excluding carboxylic acids is 2. The fourth-order valence-corrected chi connectivity index (χ4v) is 4.23. The Morgan fingerprint density at radius 1 is 1.12 bits per heavy atom. The molecule has 0 atom stereocenters. The van der Waals surface area contributed by atoms with Crippen molar-refractivity contribution in [3.05, 3.63) is 87.7 Å². The first-order valence-electron chi connectivity index (χ1n) is 10.3. The maximum Gasteiger partial charge on any atom is 0.371 e. The number of ether oxygens (including phenoxy) is 2. The highest BCUT2D eigenvalue weighted by molar-refractivity contribution is 8.18. The first-order chi connectivity index (χ1) is 16.3. The standard InChI is InChI=1S/C25H21NO7S/c1-15-4-3-5-17(10-15)13-26-23(27)22(34-25(26)30)12-16-6-8-19(21(11-16)31-2)32-14-18-7-9-20(33-18)24(28)29/h3-12H,13-14H2,1-2H3,(H,28,29)/b22-12-. The number of thioether (sulfide) groups is 1. The summed E-state index contributed by atoms with van der Waals surface area (Å²) in [4.78, 5) is 37.8. The van der Waals surface area contributed by atoms with Crippen LogP contribution in [-0.4, -0.2) is 34.2 Å². The molecule has 0 radical (unpaired) electrons. The number of carboxylic acids is 1. The average Bonchev–Trinajstić information content (AvgIpc) is 3.39. The van der Waals surface area contributed by atoms with E-state index in [0.29, 0.717) is 27.7 Å². The molecular formula is C25H21NO7S. The molecule has 0 aliphatic carbocycles. The van der Waals surface area contributed by atoms with E-state index in [1.165, 1.54) is 24.1 Å². The van der Waals surface area contributed by atoms with Gasteiger partial charge in [-0.25, -0.2) is 4.79 Å². The second-order valence-corrected chi connectivity index (χ2v) is 8.52. The van der Waals surface area contributed by atoms with Crippen LogP contribution in [0.15, 0.2) is 63.9 Å². The molecule has 0 saturated carbocycles. The van der Waals surface area contributed by atoms with E-state index in [9.17, 15) is 14.4 Å². The van der Waals surface area contributed by atoms with Gasteiger partial charge in [0, 0.05) is 0 Å². The van der Waals surface area contributed by atoms with E-state index in [2.05, 4.69) is 0 Å². The Kier molecular flexibility index (Phi) is 6.74. The molecule has 1 saturated heterocycles. The van der Waals surface area contributed by atoms with Crippen LogP contribution in [0.2, 0.25) is 0 Å². The van der Waals surface area contributed by atoms with E-state index in [1.807, 2.05) is 31.2 Å². The quantitative estimate of drug-likeness (QED) is 0.444. The zero-order valence-electron chi connectivity index (χ0n) is 18.4. The lowest BCUT2D eigenvalue weighted by Crippen LogP contribution is -2.27. The van der Waals surface area contributed by atoms with Gasteiger partial charge in [0.1, 0.15) is 12.4 Å². The Morgan fingerprint density at radius 3 is 2.65 bits per heavy atom. The number of methoxy groups -OCH3 is 1. The highest BCUT2D eigenvalue weighted by Crippen LogP contribution is 2.35. The summed E-state index contributed by atoms with van der Waals surface area (Å²) in [5, 5.41) is 8.62. The number of hydrogen-bond donors (Lipinski definition) is 1. The Morgan fingerprint density at radius 2 is 1.94 bits per heavy atom. The fraction of sp³-hybridized carbons (Fsp3) is 0.160. The molecule has 1 aliphatic heterocycles. The summed E-state index contributed by atoms with van der Waals surface area (Å²) in [7, 11) is 1.48. The molecule has 0 bridgehead atoms. The highest BCUT2D eigenvalue weighted by atomic mass is 32.2. The number of aryl methyl sites for hydroxylation is 1. The van der Waals surface area contributed by atoms with Crippen LogP contribution in [0.3, 0.4) is 0 Å². The predicted molar refractivity (Wildman–Crippen MR) is 126 cm³/mol. The van der Waals surface area contributed by atoms with Crippen molar-refractivity contribution < 1.29 is 33.4 Å². The summed E-state index contributed by atoms with van der Waals surface area (Å²) < 4.78 is 16.3.